The van der Waals surface area contributed by atoms with Crippen molar-refractivity contribution in [2.45, 2.75) is 44.6 Å². The van der Waals surface area contributed by atoms with Gasteiger partial charge in [-0.3, -0.25) is 5.10 Å². The summed E-state index contributed by atoms with van der Waals surface area (Å²) in [6, 6.07) is 4.33. The molecule has 0 radical (unpaired) electrons. The van der Waals surface area contributed by atoms with Crippen LogP contribution in [0.3, 0.4) is 0 Å². The second-order valence-electron chi connectivity index (χ2n) is 5.81. The fourth-order valence-corrected chi connectivity index (χ4v) is 3.46. The van der Waals surface area contributed by atoms with Crippen molar-refractivity contribution >= 4 is 17.0 Å². The van der Waals surface area contributed by atoms with Crippen molar-refractivity contribution in [2.75, 3.05) is 6.61 Å². The predicted octanol–water partition coefficient (Wildman–Crippen LogP) is 4.15. The summed E-state index contributed by atoms with van der Waals surface area (Å²) in [5.74, 6) is 0. The fourth-order valence-electron chi connectivity index (χ4n) is 3.46. The van der Waals surface area contributed by atoms with Crippen molar-refractivity contribution in [3.05, 3.63) is 35.0 Å². The molecule has 1 N–H and O–H groups in total. The van der Waals surface area contributed by atoms with E-state index in [1.807, 2.05) is 0 Å². The number of ether oxygens (including phenoxy) is 1. The lowest BCUT2D eigenvalue weighted by atomic mass is 9.95. The molecule has 20 heavy (non-hydrogen) atoms. The Kier molecular flexibility index (Phi) is 3.07. The smallest absolute Gasteiger partial charge is 0.0995 e. The summed E-state index contributed by atoms with van der Waals surface area (Å²) in [5.41, 5.74) is 5.10. The number of nitrogens with one attached hydrogen (secondary N) is 1. The third kappa shape index (κ3) is 1.97. The molecule has 0 spiro atoms. The highest BCUT2D eigenvalue weighted by Crippen LogP contribution is 2.35. The van der Waals surface area contributed by atoms with Crippen LogP contribution in [0.25, 0.3) is 17.0 Å². The van der Waals surface area contributed by atoms with Gasteiger partial charge in [0.1, 0.15) is 0 Å². The monoisotopic (exact) mass is 268 g/mol. The van der Waals surface area contributed by atoms with Crippen molar-refractivity contribution in [1.29, 1.82) is 0 Å². The van der Waals surface area contributed by atoms with E-state index in [0.717, 1.165) is 25.0 Å². The molecule has 1 aliphatic carbocycles. The Balaban J connectivity index is 1.87. The highest BCUT2D eigenvalue weighted by atomic mass is 16.5. The van der Waals surface area contributed by atoms with E-state index in [2.05, 4.69) is 34.5 Å². The summed E-state index contributed by atoms with van der Waals surface area (Å²) in [5, 5.41) is 9.08. The molecular weight excluding hydrogens is 248 g/mol. The van der Waals surface area contributed by atoms with E-state index in [4.69, 9.17) is 4.74 Å². The molecule has 0 saturated carbocycles. The molecule has 1 unspecified atom stereocenters. The van der Waals surface area contributed by atoms with Crippen LogP contribution in [0.15, 0.2) is 18.2 Å². The Labute approximate surface area is 119 Å². The lowest BCUT2D eigenvalue weighted by Crippen LogP contribution is -2.12. The summed E-state index contributed by atoms with van der Waals surface area (Å²) < 4.78 is 5.96. The minimum Gasteiger partial charge on any atom is -0.372 e. The maximum atomic E-state index is 5.96. The third-order valence-corrected chi connectivity index (χ3v) is 4.49. The van der Waals surface area contributed by atoms with E-state index in [9.17, 15) is 0 Å². The second kappa shape index (κ2) is 5.06. The Bertz CT molecular complexity index is 650. The van der Waals surface area contributed by atoms with Crippen molar-refractivity contribution < 1.29 is 4.74 Å². The molecule has 3 nitrogen and oxygen atoms in total. The van der Waals surface area contributed by atoms with E-state index in [0.29, 0.717) is 0 Å². The van der Waals surface area contributed by atoms with Gasteiger partial charge >= 0.3 is 0 Å². The van der Waals surface area contributed by atoms with Crippen LogP contribution in [0.4, 0.5) is 0 Å². The molecule has 104 valence electrons. The van der Waals surface area contributed by atoms with Gasteiger partial charge < -0.3 is 4.74 Å². The number of nitrogens with zero attached hydrogens (tertiary/aromatic N) is 1. The summed E-state index contributed by atoms with van der Waals surface area (Å²) in [6.07, 6.45) is 11.8. The van der Waals surface area contributed by atoms with Crippen molar-refractivity contribution in [2.24, 2.45) is 0 Å². The van der Waals surface area contributed by atoms with Gasteiger partial charge in [-0.1, -0.05) is 18.2 Å². The molecule has 1 aromatic heterocycles. The second-order valence-corrected chi connectivity index (χ2v) is 5.81. The molecule has 0 bridgehead atoms. The highest BCUT2D eigenvalue weighted by Gasteiger charge is 2.23. The number of hydrogen-bond donors (Lipinski definition) is 1. The Hall–Kier alpha value is -1.61. The molecule has 1 saturated heterocycles. The minimum atomic E-state index is 0.201. The van der Waals surface area contributed by atoms with Crippen LogP contribution < -0.4 is 0 Å². The average Bonchev–Trinajstić information content (AvgIpc) is 2.79. The molecule has 2 aromatic rings. The molecule has 1 aromatic carbocycles. The SMILES string of the molecule is C1=Cc2ccc3n[nH]c(C4CCCCO4)c3c2CCC1. The van der Waals surface area contributed by atoms with Gasteiger partial charge in [-0.2, -0.15) is 5.10 Å². The summed E-state index contributed by atoms with van der Waals surface area (Å²) in [7, 11) is 0. The summed E-state index contributed by atoms with van der Waals surface area (Å²) >= 11 is 0. The van der Waals surface area contributed by atoms with E-state index in [1.54, 1.807) is 0 Å². The van der Waals surface area contributed by atoms with E-state index in [1.165, 1.54) is 47.9 Å². The quantitative estimate of drug-likeness (QED) is 0.843. The summed E-state index contributed by atoms with van der Waals surface area (Å²) in [6.45, 7) is 0.875. The van der Waals surface area contributed by atoms with Crippen LogP contribution in [0.5, 0.6) is 0 Å². The maximum absolute atomic E-state index is 5.96. The average molecular weight is 268 g/mol. The zero-order valence-corrected chi connectivity index (χ0v) is 11.7. The molecule has 1 fully saturated rings. The van der Waals surface area contributed by atoms with Gasteiger partial charge in [-0.05, 0) is 55.7 Å². The van der Waals surface area contributed by atoms with Gasteiger partial charge in [0, 0.05) is 12.0 Å². The largest absolute Gasteiger partial charge is 0.372 e. The van der Waals surface area contributed by atoms with Crippen LogP contribution in [0.1, 0.15) is 55.0 Å². The molecule has 2 aliphatic rings. The van der Waals surface area contributed by atoms with E-state index < -0.39 is 0 Å². The van der Waals surface area contributed by atoms with Crippen LogP contribution in [-0.4, -0.2) is 16.8 Å². The Morgan fingerprint density at radius 1 is 1.20 bits per heavy atom. The van der Waals surface area contributed by atoms with Gasteiger partial charge in [-0.15, -0.1) is 0 Å². The predicted molar refractivity (Wildman–Crippen MR) is 80.6 cm³/mol. The topological polar surface area (TPSA) is 37.9 Å². The van der Waals surface area contributed by atoms with Crippen LogP contribution in [0.2, 0.25) is 0 Å². The number of allylic oxidation sites excluding steroid dienone is 1. The van der Waals surface area contributed by atoms with Crippen molar-refractivity contribution in [3.63, 3.8) is 0 Å². The lowest BCUT2D eigenvalue weighted by molar-refractivity contribution is 0.0131. The number of aromatic nitrogens is 2. The van der Waals surface area contributed by atoms with Gasteiger partial charge in [0.2, 0.25) is 0 Å². The van der Waals surface area contributed by atoms with Gasteiger partial charge in [0.05, 0.1) is 17.3 Å². The molecule has 1 atom stereocenters. The first-order chi connectivity index (χ1) is 9.93. The van der Waals surface area contributed by atoms with E-state index >= 15 is 0 Å². The lowest BCUT2D eigenvalue weighted by Gasteiger charge is -2.22. The number of aromatic amines is 1. The Morgan fingerprint density at radius 2 is 2.20 bits per heavy atom. The fraction of sp³-hybridized carbons (Fsp3) is 0.471. The summed E-state index contributed by atoms with van der Waals surface area (Å²) in [4.78, 5) is 0. The normalized spacial score (nSPS) is 22.7. The third-order valence-electron chi connectivity index (χ3n) is 4.49. The van der Waals surface area contributed by atoms with Gasteiger partial charge in [0.25, 0.3) is 0 Å². The number of rotatable bonds is 1. The first-order valence-electron chi connectivity index (χ1n) is 7.71. The first-order valence-corrected chi connectivity index (χ1v) is 7.71. The number of H-pyrrole nitrogens is 1. The molecule has 1 aliphatic heterocycles. The van der Waals surface area contributed by atoms with Gasteiger partial charge in [0.15, 0.2) is 0 Å². The van der Waals surface area contributed by atoms with E-state index in [-0.39, 0.29) is 6.10 Å². The number of aryl methyl sites for hydroxylation is 1. The molecule has 2 heterocycles. The number of fused-ring (bicyclic) bond motifs is 3. The number of hydrogen-bond acceptors (Lipinski definition) is 2. The highest BCUT2D eigenvalue weighted by molar-refractivity contribution is 5.88. The van der Waals surface area contributed by atoms with Crippen molar-refractivity contribution in [1.82, 2.24) is 10.2 Å². The van der Waals surface area contributed by atoms with Crippen LogP contribution in [0, 0.1) is 0 Å². The standard InChI is InChI=1S/C17H20N2O/c1-2-6-12-9-10-14-16(13(12)7-3-1)17(19-18-14)15-8-4-5-11-20-15/h2,6,9-10,15H,1,3-5,7-8,11H2,(H,18,19). The first kappa shape index (κ1) is 12.2. The molecule has 3 heteroatoms. The molecule has 4 rings (SSSR count). The zero-order valence-electron chi connectivity index (χ0n) is 11.7. The molecule has 0 amide bonds. The Morgan fingerprint density at radius 3 is 3.10 bits per heavy atom. The maximum Gasteiger partial charge on any atom is 0.0995 e. The minimum absolute atomic E-state index is 0.201. The van der Waals surface area contributed by atoms with Crippen LogP contribution in [-0.2, 0) is 11.2 Å². The van der Waals surface area contributed by atoms with Crippen molar-refractivity contribution in [3.8, 4) is 0 Å². The van der Waals surface area contributed by atoms with Gasteiger partial charge in [-0.25, -0.2) is 0 Å². The number of benzene rings is 1. The molecular formula is C17H20N2O. The van der Waals surface area contributed by atoms with Crippen LogP contribution >= 0.6 is 0 Å². The zero-order chi connectivity index (χ0) is 13.4.